The van der Waals surface area contributed by atoms with Gasteiger partial charge in [-0.15, -0.1) is 0 Å². The summed E-state index contributed by atoms with van der Waals surface area (Å²) in [4.78, 5) is 25.4. The molecule has 208 valence electrons. The molecule has 0 fully saturated rings. The molecular formula is C30H38FN5O3. The number of hydrogen-bond donors (Lipinski definition) is 1. The fraction of sp³-hybridized carbons (Fsp3) is 0.367. The molecule has 2 aromatic heterocycles. The number of methoxy groups -OCH3 is 2. The number of nitrogens with zero attached hydrogens (tertiary/aromatic N) is 4. The van der Waals surface area contributed by atoms with E-state index < -0.39 is 5.82 Å². The van der Waals surface area contributed by atoms with Crippen LogP contribution in [0.4, 0.5) is 10.3 Å². The number of anilines is 1. The Morgan fingerprint density at radius 3 is 2.59 bits per heavy atom. The van der Waals surface area contributed by atoms with E-state index in [2.05, 4.69) is 35.6 Å². The van der Waals surface area contributed by atoms with Crippen LogP contribution in [0.2, 0.25) is 0 Å². The zero-order valence-electron chi connectivity index (χ0n) is 23.5. The Labute approximate surface area is 229 Å². The van der Waals surface area contributed by atoms with Crippen LogP contribution >= 0.6 is 0 Å². The third kappa shape index (κ3) is 7.11. The minimum atomic E-state index is -0.641. The minimum absolute atomic E-state index is 0.0105. The Morgan fingerprint density at radius 2 is 1.95 bits per heavy atom. The lowest BCUT2D eigenvalue weighted by Gasteiger charge is -2.18. The van der Waals surface area contributed by atoms with Crippen molar-refractivity contribution < 1.29 is 13.9 Å². The van der Waals surface area contributed by atoms with Gasteiger partial charge in [0.1, 0.15) is 11.4 Å². The maximum absolute atomic E-state index is 15.4. The Morgan fingerprint density at radius 1 is 1.18 bits per heavy atom. The zero-order valence-corrected chi connectivity index (χ0v) is 23.5. The minimum Gasteiger partial charge on any atom is -0.497 e. The molecule has 0 aliphatic heterocycles. The molecule has 0 saturated carbocycles. The molecular weight excluding hydrogens is 497 g/mol. The van der Waals surface area contributed by atoms with Gasteiger partial charge in [0.2, 0.25) is 5.95 Å². The predicted octanol–water partition coefficient (Wildman–Crippen LogP) is 5.45. The summed E-state index contributed by atoms with van der Waals surface area (Å²) >= 11 is 0. The molecule has 0 aliphatic carbocycles. The van der Waals surface area contributed by atoms with Crippen molar-refractivity contribution in [3.8, 4) is 22.6 Å². The zero-order chi connectivity index (χ0) is 28.4. The van der Waals surface area contributed by atoms with E-state index >= 15 is 4.39 Å². The van der Waals surface area contributed by atoms with E-state index in [1.165, 1.54) is 26.4 Å². The van der Waals surface area contributed by atoms with Gasteiger partial charge in [-0.25, -0.2) is 9.37 Å². The summed E-state index contributed by atoms with van der Waals surface area (Å²) in [5, 5.41) is 3.88. The highest BCUT2D eigenvalue weighted by Crippen LogP contribution is 2.33. The Kier molecular flexibility index (Phi) is 10.8. The molecule has 0 bridgehead atoms. The summed E-state index contributed by atoms with van der Waals surface area (Å²) in [6.45, 7) is 13.7. The number of nitrogens with one attached hydrogen (secondary N) is 1. The fourth-order valence-corrected chi connectivity index (χ4v) is 4.37. The van der Waals surface area contributed by atoms with E-state index in [-0.39, 0.29) is 22.4 Å². The van der Waals surface area contributed by atoms with Crippen molar-refractivity contribution in [2.24, 2.45) is 0 Å². The molecule has 2 heterocycles. The second-order valence-electron chi connectivity index (χ2n) is 8.86. The van der Waals surface area contributed by atoms with Gasteiger partial charge in [-0.05, 0) is 44.1 Å². The first-order valence-corrected chi connectivity index (χ1v) is 13.1. The van der Waals surface area contributed by atoms with Crippen LogP contribution in [0.25, 0.3) is 22.2 Å². The van der Waals surface area contributed by atoms with E-state index in [1.54, 1.807) is 22.9 Å². The lowest BCUT2D eigenvalue weighted by atomic mass is 10.0. The summed E-state index contributed by atoms with van der Waals surface area (Å²) < 4.78 is 27.5. The average Bonchev–Trinajstić information content (AvgIpc) is 2.95. The van der Waals surface area contributed by atoms with Crippen molar-refractivity contribution in [3.05, 3.63) is 77.0 Å². The molecule has 8 nitrogen and oxygen atoms in total. The van der Waals surface area contributed by atoms with E-state index in [0.29, 0.717) is 42.2 Å². The average molecular weight is 536 g/mol. The van der Waals surface area contributed by atoms with Crippen LogP contribution in [0.5, 0.6) is 11.5 Å². The summed E-state index contributed by atoms with van der Waals surface area (Å²) in [5.41, 5.74) is 1.35. The van der Waals surface area contributed by atoms with Crippen molar-refractivity contribution in [2.75, 3.05) is 45.7 Å². The molecule has 0 radical (unpaired) electrons. The highest BCUT2D eigenvalue weighted by atomic mass is 19.1. The number of ether oxygens (including phenoxy) is 2. The number of allylic oxidation sites excluding steroid dienone is 5. The monoisotopic (exact) mass is 535 g/mol. The summed E-state index contributed by atoms with van der Waals surface area (Å²) in [6, 6.07) is 4.57. The Balaban J connectivity index is 2.15. The number of aryl methyl sites for hydroxylation is 1. The van der Waals surface area contributed by atoms with Crippen LogP contribution in [0, 0.1) is 5.82 Å². The number of pyridine rings is 1. The molecule has 0 atom stereocenters. The van der Waals surface area contributed by atoms with Crippen molar-refractivity contribution in [1.82, 2.24) is 19.4 Å². The quantitative estimate of drug-likeness (QED) is 0.275. The maximum atomic E-state index is 15.4. The lowest BCUT2D eigenvalue weighted by molar-refractivity contribution is 0.316. The van der Waals surface area contributed by atoms with E-state index in [0.717, 1.165) is 25.2 Å². The Bertz CT molecular complexity index is 1410. The van der Waals surface area contributed by atoms with Crippen molar-refractivity contribution in [2.45, 2.75) is 33.7 Å². The van der Waals surface area contributed by atoms with Gasteiger partial charge in [-0.2, -0.15) is 4.98 Å². The molecule has 9 heteroatoms. The molecule has 1 N–H and O–H groups in total. The van der Waals surface area contributed by atoms with Gasteiger partial charge in [0, 0.05) is 42.8 Å². The van der Waals surface area contributed by atoms with Crippen LogP contribution in [0.1, 0.15) is 27.2 Å². The number of fused-ring (bicyclic) bond motifs is 1. The number of benzene rings is 1. The standard InChI is InChI=1S/C30H38FN5O3/c1-7-11-21(12-8-2)13-15-36-28-22(20-33-30(34-28)32-14-16-35(9-3)10-4)17-25(29(36)37)24-18-23(38-5)19-26(39-6)27(24)31/h7-8,11-12,17-20H,1,9-10,13-16H2,2-6H3,(H,32,33,34). The largest absolute Gasteiger partial charge is 0.497 e. The van der Waals surface area contributed by atoms with Crippen molar-refractivity contribution in [3.63, 3.8) is 0 Å². The topological polar surface area (TPSA) is 81.5 Å². The fourth-order valence-electron chi connectivity index (χ4n) is 4.37. The number of likely N-dealkylation sites (N-methyl/N-ethyl adjacent to an activating group) is 1. The highest BCUT2D eigenvalue weighted by Gasteiger charge is 2.20. The van der Waals surface area contributed by atoms with Gasteiger partial charge in [0.05, 0.1) is 19.8 Å². The van der Waals surface area contributed by atoms with Gasteiger partial charge >= 0.3 is 0 Å². The molecule has 0 aliphatic rings. The number of hydrogen-bond acceptors (Lipinski definition) is 7. The molecule has 1 aromatic carbocycles. The summed E-state index contributed by atoms with van der Waals surface area (Å²) in [6.07, 6.45) is 9.73. The number of aromatic nitrogens is 3. The second kappa shape index (κ2) is 14.2. The van der Waals surface area contributed by atoms with Crippen LogP contribution in [0.15, 0.2) is 65.6 Å². The van der Waals surface area contributed by atoms with Crippen LogP contribution in [0.3, 0.4) is 0 Å². The van der Waals surface area contributed by atoms with Crippen molar-refractivity contribution in [1.29, 1.82) is 0 Å². The van der Waals surface area contributed by atoms with Crippen LogP contribution < -0.4 is 20.3 Å². The van der Waals surface area contributed by atoms with Crippen LogP contribution in [-0.2, 0) is 6.54 Å². The van der Waals surface area contributed by atoms with Gasteiger partial charge in [0.15, 0.2) is 11.6 Å². The first-order valence-electron chi connectivity index (χ1n) is 13.1. The SMILES string of the molecule is C=CC=C(C=CC)CCn1c(=O)c(-c2cc(OC)cc(OC)c2F)cc2cnc(NCCN(CC)CC)nc21. The first-order chi connectivity index (χ1) is 18.9. The molecule has 0 amide bonds. The third-order valence-electron chi connectivity index (χ3n) is 6.53. The van der Waals surface area contributed by atoms with Crippen LogP contribution in [-0.4, -0.2) is 59.8 Å². The van der Waals surface area contributed by atoms with Gasteiger partial charge in [0.25, 0.3) is 5.56 Å². The van der Waals surface area contributed by atoms with Crippen molar-refractivity contribution >= 4 is 17.0 Å². The third-order valence-corrected chi connectivity index (χ3v) is 6.53. The second-order valence-corrected chi connectivity index (χ2v) is 8.86. The predicted molar refractivity (Wildman–Crippen MR) is 156 cm³/mol. The van der Waals surface area contributed by atoms with Gasteiger partial charge in [-0.3, -0.25) is 9.36 Å². The molecule has 39 heavy (non-hydrogen) atoms. The number of rotatable bonds is 14. The summed E-state index contributed by atoms with van der Waals surface area (Å²) in [7, 11) is 2.85. The molecule has 0 unspecified atom stereocenters. The lowest BCUT2D eigenvalue weighted by Crippen LogP contribution is -2.29. The Hall–Kier alpha value is -3.98. The van der Waals surface area contributed by atoms with Gasteiger partial charge in [-0.1, -0.05) is 44.7 Å². The van der Waals surface area contributed by atoms with E-state index in [1.807, 2.05) is 25.2 Å². The number of halogens is 1. The first kappa shape index (κ1) is 29.6. The van der Waals surface area contributed by atoms with E-state index in [9.17, 15) is 4.79 Å². The highest BCUT2D eigenvalue weighted by molar-refractivity contribution is 5.82. The normalized spacial score (nSPS) is 11.9. The maximum Gasteiger partial charge on any atom is 0.260 e. The molecule has 0 spiro atoms. The smallest absolute Gasteiger partial charge is 0.260 e. The molecule has 3 aromatic rings. The van der Waals surface area contributed by atoms with E-state index in [4.69, 9.17) is 14.5 Å². The van der Waals surface area contributed by atoms with Gasteiger partial charge < -0.3 is 19.7 Å². The summed E-state index contributed by atoms with van der Waals surface area (Å²) in [5.74, 6) is 0.157. The molecule has 3 rings (SSSR count). The molecule has 0 saturated heterocycles.